The van der Waals surface area contributed by atoms with E-state index in [1.165, 1.54) is 18.2 Å². The summed E-state index contributed by atoms with van der Waals surface area (Å²) in [5.74, 6) is 0.404. The third kappa shape index (κ3) is 3.53. The monoisotopic (exact) mass is 403 g/mol. The summed E-state index contributed by atoms with van der Waals surface area (Å²) >= 11 is 0. The fourth-order valence-corrected chi connectivity index (χ4v) is 3.05. The Morgan fingerprint density at radius 1 is 0.800 bits per heavy atom. The van der Waals surface area contributed by atoms with Gasteiger partial charge in [0, 0.05) is 6.07 Å². The number of benzene rings is 3. The van der Waals surface area contributed by atoms with Crippen LogP contribution in [-0.4, -0.2) is 19.2 Å². The van der Waals surface area contributed by atoms with Crippen LogP contribution >= 0.6 is 0 Å². The lowest BCUT2D eigenvalue weighted by atomic mass is 10.2. The minimum atomic E-state index is -0.912. The first-order chi connectivity index (χ1) is 14.4. The first-order valence-corrected chi connectivity index (χ1v) is 9.06. The van der Waals surface area contributed by atoms with Gasteiger partial charge in [0.05, 0.1) is 11.4 Å². The summed E-state index contributed by atoms with van der Waals surface area (Å²) in [6.45, 7) is 1.82. The zero-order chi connectivity index (χ0) is 21.3. The number of hydrogen-bond donors (Lipinski definition) is 2. The minimum absolute atomic E-state index is 0.0839. The third-order valence-corrected chi connectivity index (χ3v) is 4.43. The van der Waals surface area contributed by atoms with Crippen molar-refractivity contribution in [3.8, 4) is 28.6 Å². The highest BCUT2D eigenvalue weighted by molar-refractivity contribution is 5.49. The molecule has 0 aliphatic carbocycles. The summed E-state index contributed by atoms with van der Waals surface area (Å²) in [4.78, 5) is 39.8. The summed E-state index contributed by atoms with van der Waals surface area (Å²) in [5, 5.41) is 10.4. The summed E-state index contributed by atoms with van der Waals surface area (Å²) in [7, 11) is 0. The van der Waals surface area contributed by atoms with Crippen molar-refractivity contribution in [1.29, 1.82) is 0 Å². The van der Waals surface area contributed by atoms with Crippen LogP contribution in [0, 0.1) is 6.92 Å². The lowest BCUT2D eigenvalue weighted by molar-refractivity contribution is 0.411. The van der Waals surface area contributed by atoms with E-state index in [2.05, 4.69) is 4.98 Å². The first kappa shape index (κ1) is 19.0. The Morgan fingerprint density at radius 3 is 2.10 bits per heavy atom. The van der Waals surface area contributed by atoms with E-state index in [1.54, 1.807) is 42.5 Å². The fourth-order valence-electron chi connectivity index (χ4n) is 3.05. The van der Waals surface area contributed by atoms with Crippen LogP contribution in [-0.2, 0) is 0 Å². The van der Waals surface area contributed by atoms with E-state index in [1.807, 2.05) is 19.1 Å². The molecule has 0 atom stereocenters. The van der Waals surface area contributed by atoms with E-state index < -0.39 is 17.1 Å². The van der Waals surface area contributed by atoms with E-state index in [0.29, 0.717) is 11.4 Å². The van der Waals surface area contributed by atoms with Gasteiger partial charge in [0.25, 0.3) is 0 Å². The average Bonchev–Trinajstić information content (AvgIpc) is 2.70. The summed E-state index contributed by atoms with van der Waals surface area (Å²) in [5.41, 5.74) is -1.36. The lowest BCUT2D eigenvalue weighted by Gasteiger charge is -2.12. The molecule has 0 spiro atoms. The molecule has 1 heterocycles. The molecule has 0 aliphatic rings. The van der Waals surface area contributed by atoms with E-state index in [-0.39, 0.29) is 17.2 Å². The van der Waals surface area contributed by atoms with Crippen LogP contribution in [0.15, 0.2) is 87.2 Å². The molecule has 8 nitrogen and oxygen atoms in total. The van der Waals surface area contributed by atoms with E-state index >= 15 is 0 Å². The van der Waals surface area contributed by atoms with Gasteiger partial charge in [0.2, 0.25) is 0 Å². The summed E-state index contributed by atoms with van der Waals surface area (Å²) in [6.07, 6.45) is 0. The van der Waals surface area contributed by atoms with Gasteiger partial charge in [-0.1, -0.05) is 30.3 Å². The molecule has 30 heavy (non-hydrogen) atoms. The predicted octanol–water partition coefficient (Wildman–Crippen LogP) is 2.48. The summed E-state index contributed by atoms with van der Waals surface area (Å²) < 4.78 is 7.24. The Morgan fingerprint density at radius 2 is 1.47 bits per heavy atom. The van der Waals surface area contributed by atoms with Crippen LogP contribution in [0.2, 0.25) is 0 Å². The quantitative estimate of drug-likeness (QED) is 0.545. The number of phenols is 1. The van der Waals surface area contributed by atoms with Crippen molar-refractivity contribution in [2.45, 2.75) is 6.92 Å². The van der Waals surface area contributed by atoms with Gasteiger partial charge < -0.3 is 9.84 Å². The molecular formula is C22H17N3O5. The number of hydrogen-bond acceptors (Lipinski definition) is 5. The maximum atomic E-state index is 13.0. The van der Waals surface area contributed by atoms with Gasteiger partial charge in [-0.2, -0.15) is 0 Å². The number of nitrogens with zero attached hydrogens (tertiary/aromatic N) is 2. The number of aromatic nitrogens is 3. The lowest BCUT2D eigenvalue weighted by Crippen LogP contribution is -2.48. The average molecular weight is 403 g/mol. The Bertz CT molecular complexity index is 1400. The van der Waals surface area contributed by atoms with Gasteiger partial charge in [-0.25, -0.2) is 23.5 Å². The van der Waals surface area contributed by atoms with Gasteiger partial charge >= 0.3 is 17.1 Å². The molecule has 0 amide bonds. The molecule has 2 N–H and O–H groups in total. The molecule has 0 fully saturated rings. The molecule has 1 aromatic heterocycles. The molecule has 3 aromatic carbocycles. The largest absolute Gasteiger partial charge is 0.504 e. The van der Waals surface area contributed by atoms with Crippen molar-refractivity contribution in [2.24, 2.45) is 0 Å². The van der Waals surface area contributed by atoms with Gasteiger partial charge in [-0.15, -0.1) is 0 Å². The Labute approximate surface area is 169 Å². The Balaban J connectivity index is 1.82. The number of aromatic hydroxyl groups is 1. The maximum absolute atomic E-state index is 13.0. The molecule has 4 aromatic rings. The Kier molecular flexibility index (Phi) is 4.81. The number of ether oxygens (including phenoxy) is 1. The second-order valence-corrected chi connectivity index (χ2v) is 6.59. The zero-order valence-corrected chi connectivity index (χ0v) is 15.9. The molecule has 0 saturated heterocycles. The van der Waals surface area contributed by atoms with Gasteiger partial charge in [-0.05, 0) is 48.9 Å². The fraction of sp³-hybridized carbons (Fsp3) is 0.0455. The molecule has 0 unspecified atom stereocenters. The van der Waals surface area contributed by atoms with Crippen LogP contribution < -0.4 is 21.8 Å². The van der Waals surface area contributed by atoms with Crippen LogP contribution in [0.1, 0.15) is 5.56 Å². The molecule has 0 bridgehead atoms. The van der Waals surface area contributed by atoms with Gasteiger partial charge in [0.1, 0.15) is 5.75 Å². The normalized spacial score (nSPS) is 10.7. The highest BCUT2D eigenvalue weighted by atomic mass is 16.5. The van der Waals surface area contributed by atoms with Crippen LogP contribution in [0.3, 0.4) is 0 Å². The second kappa shape index (κ2) is 7.59. The topological polar surface area (TPSA) is 106 Å². The Hall–Kier alpha value is -4.33. The predicted molar refractivity (Wildman–Crippen MR) is 111 cm³/mol. The minimum Gasteiger partial charge on any atom is -0.504 e. The highest BCUT2D eigenvalue weighted by Crippen LogP contribution is 2.31. The number of aromatic amines is 1. The van der Waals surface area contributed by atoms with Crippen molar-refractivity contribution in [3.05, 3.63) is 110 Å². The van der Waals surface area contributed by atoms with Crippen molar-refractivity contribution < 1.29 is 9.84 Å². The van der Waals surface area contributed by atoms with Crippen molar-refractivity contribution >= 4 is 0 Å². The molecule has 8 heteroatoms. The van der Waals surface area contributed by atoms with Crippen LogP contribution in [0.4, 0.5) is 0 Å². The molecule has 0 radical (unpaired) electrons. The molecule has 0 saturated carbocycles. The molecule has 0 aliphatic heterocycles. The zero-order valence-electron chi connectivity index (χ0n) is 15.9. The number of nitrogens with one attached hydrogen (secondary N) is 1. The van der Waals surface area contributed by atoms with Crippen molar-refractivity contribution in [1.82, 2.24) is 14.1 Å². The van der Waals surface area contributed by atoms with E-state index in [0.717, 1.165) is 14.7 Å². The maximum Gasteiger partial charge on any atom is 0.345 e. The van der Waals surface area contributed by atoms with Crippen LogP contribution in [0.25, 0.3) is 11.4 Å². The van der Waals surface area contributed by atoms with Gasteiger partial charge in [0.15, 0.2) is 11.5 Å². The SMILES string of the molecule is Cc1cccc(-n2c(=O)[nH]c(=O)n(-c3ccc(Oc4ccccc4)c(O)c3)c2=O)c1. The van der Waals surface area contributed by atoms with E-state index in [9.17, 15) is 19.5 Å². The smallest absolute Gasteiger partial charge is 0.345 e. The number of rotatable bonds is 4. The molecule has 4 rings (SSSR count). The standard InChI is InChI=1S/C22H17N3O5/c1-14-6-5-7-15(12-14)24-20(27)23-21(28)25(22(24)29)16-10-11-19(18(26)13-16)30-17-8-3-2-4-9-17/h2-13,26H,1H3,(H,23,27,28). The second-order valence-electron chi connectivity index (χ2n) is 6.59. The molecular weight excluding hydrogens is 386 g/mol. The number of phenolic OH excluding ortho intramolecular Hbond substituents is 1. The molecule has 150 valence electrons. The number of H-pyrrole nitrogens is 1. The number of para-hydroxylation sites is 1. The van der Waals surface area contributed by atoms with Crippen LogP contribution in [0.5, 0.6) is 17.2 Å². The van der Waals surface area contributed by atoms with Gasteiger partial charge in [-0.3, -0.25) is 4.98 Å². The number of aryl methyl sites for hydroxylation is 1. The first-order valence-electron chi connectivity index (χ1n) is 9.06. The van der Waals surface area contributed by atoms with Crippen molar-refractivity contribution in [3.63, 3.8) is 0 Å². The highest BCUT2D eigenvalue weighted by Gasteiger charge is 2.15. The summed E-state index contributed by atoms with van der Waals surface area (Å²) in [6, 6.07) is 19.7. The van der Waals surface area contributed by atoms with Crippen molar-refractivity contribution in [2.75, 3.05) is 0 Å². The van der Waals surface area contributed by atoms with E-state index in [4.69, 9.17) is 4.74 Å². The third-order valence-electron chi connectivity index (χ3n) is 4.43.